The molecule has 0 aromatic rings. The third kappa shape index (κ3) is 72.6. The van der Waals surface area contributed by atoms with Crippen molar-refractivity contribution < 1.29 is 37.6 Å². The van der Waals surface area contributed by atoms with Crippen LogP contribution in [0.25, 0.3) is 0 Å². The maximum atomic E-state index is 12.8. The smallest absolute Gasteiger partial charge is 0.462 e. The molecule has 0 bridgehead atoms. The minimum atomic E-state index is -4.39. The summed E-state index contributed by atoms with van der Waals surface area (Å²) >= 11 is 0. The van der Waals surface area contributed by atoms with Crippen LogP contribution < -0.4 is 5.73 Å². The second-order valence-electron chi connectivity index (χ2n) is 25.5. The highest BCUT2D eigenvalue weighted by Crippen LogP contribution is 2.43. The van der Waals surface area contributed by atoms with Crippen molar-refractivity contribution in [1.82, 2.24) is 0 Å². The summed E-state index contributed by atoms with van der Waals surface area (Å²) in [6, 6.07) is 0. The van der Waals surface area contributed by atoms with Crippen LogP contribution in [0.15, 0.2) is 60.8 Å². The highest BCUT2D eigenvalue weighted by atomic mass is 31.2. The van der Waals surface area contributed by atoms with E-state index in [4.69, 9.17) is 24.3 Å². The number of allylic oxidation sites excluding steroid dienone is 10. The third-order valence-corrected chi connectivity index (χ3v) is 17.9. The normalized spacial score (nSPS) is 13.2. The van der Waals surface area contributed by atoms with Crippen molar-refractivity contribution in [3.8, 4) is 0 Å². The van der Waals surface area contributed by atoms with Crippen LogP contribution in [-0.2, 0) is 32.7 Å². The first-order valence-electron chi connectivity index (χ1n) is 37.8. The second kappa shape index (κ2) is 72.8. The van der Waals surface area contributed by atoms with Gasteiger partial charge in [-0.15, -0.1) is 0 Å². The summed E-state index contributed by atoms with van der Waals surface area (Å²) in [5.74, 6) is -0.807. The molecule has 87 heavy (non-hydrogen) atoms. The average Bonchev–Trinajstić information content (AvgIpc) is 3.65. The van der Waals surface area contributed by atoms with Crippen molar-refractivity contribution >= 4 is 19.8 Å². The number of ether oxygens (including phenoxy) is 2. The van der Waals surface area contributed by atoms with E-state index in [0.29, 0.717) is 6.42 Å². The van der Waals surface area contributed by atoms with E-state index in [1.165, 1.54) is 302 Å². The van der Waals surface area contributed by atoms with Crippen molar-refractivity contribution in [1.29, 1.82) is 0 Å². The molecule has 0 saturated heterocycles. The van der Waals surface area contributed by atoms with Crippen molar-refractivity contribution in [3.63, 3.8) is 0 Å². The largest absolute Gasteiger partial charge is 0.472 e. The lowest BCUT2D eigenvalue weighted by atomic mass is 10.0. The van der Waals surface area contributed by atoms with Gasteiger partial charge in [0.15, 0.2) is 6.10 Å². The first kappa shape index (κ1) is 84.7. The number of phosphoric acid groups is 1. The molecule has 9 nitrogen and oxygen atoms in total. The summed E-state index contributed by atoms with van der Waals surface area (Å²) in [4.78, 5) is 35.4. The van der Waals surface area contributed by atoms with E-state index in [-0.39, 0.29) is 38.6 Å². The van der Waals surface area contributed by atoms with Crippen molar-refractivity contribution in [2.75, 3.05) is 26.4 Å². The lowest BCUT2D eigenvalue weighted by Crippen LogP contribution is -2.29. The zero-order chi connectivity index (χ0) is 63.0. The number of hydrogen-bond donors (Lipinski definition) is 2. The van der Waals surface area contributed by atoms with Gasteiger partial charge >= 0.3 is 19.8 Å². The molecular formula is C77H144NO8P. The predicted molar refractivity (Wildman–Crippen MR) is 376 cm³/mol. The molecule has 2 atom stereocenters. The van der Waals surface area contributed by atoms with Crippen LogP contribution in [0.5, 0.6) is 0 Å². The van der Waals surface area contributed by atoms with Crippen LogP contribution in [-0.4, -0.2) is 49.3 Å². The van der Waals surface area contributed by atoms with Gasteiger partial charge in [0.05, 0.1) is 13.2 Å². The molecule has 0 radical (unpaired) electrons. The van der Waals surface area contributed by atoms with Crippen LogP contribution in [0.2, 0.25) is 0 Å². The minimum absolute atomic E-state index is 0.0548. The molecule has 0 aliphatic heterocycles. The monoisotopic (exact) mass is 1240 g/mol. The summed E-state index contributed by atoms with van der Waals surface area (Å²) in [6.45, 7) is 3.79. The van der Waals surface area contributed by atoms with E-state index in [2.05, 4.69) is 74.6 Å². The number of unbranched alkanes of at least 4 members (excludes halogenated alkanes) is 49. The molecule has 510 valence electrons. The topological polar surface area (TPSA) is 134 Å². The molecule has 0 aliphatic carbocycles. The fraction of sp³-hybridized carbons (Fsp3) is 0.844. The summed E-state index contributed by atoms with van der Waals surface area (Å²) in [7, 11) is -4.39. The number of rotatable bonds is 72. The first-order chi connectivity index (χ1) is 42.8. The van der Waals surface area contributed by atoms with Crippen LogP contribution in [0.1, 0.15) is 386 Å². The predicted octanol–water partition coefficient (Wildman–Crippen LogP) is 25.0. The highest BCUT2D eigenvalue weighted by molar-refractivity contribution is 7.47. The summed E-state index contributed by atoms with van der Waals surface area (Å²) in [5.41, 5.74) is 5.41. The molecule has 0 heterocycles. The molecule has 0 aliphatic rings. The average molecular weight is 1240 g/mol. The maximum Gasteiger partial charge on any atom is 0.472 e. The Morgan fingerprint density at radius 3 is 0.885 bits per heavy atom. The molecule has 3 N–H and O–H groups in total. The quantitative estimate of drug-likeness (QED) is 0.0264. The van der Waals surface area contributed by atoms with Gasteiger partial charge in [-0.05, 0) is 83.5 Å². The Morgan fingerprint density at radius 2 is 0.598 bits per heavy atom. The number of esters is 2. The zero-order valence-corrected chi connectivity index (χ0v) is 58.4. The Labute approximate surface area is 539 Å². The fourth-order valence-electron chi connectivity index (χ4n) is 11.3. The molecule has 0 aromatic carbocycles. The maximum absolute atomic E-state index is 12.8. The van der Waals surface area contributed by atoms with Gasteiger partial charge in [0.2, 0.25) is 0 Å². The fourth-order valence-corrected chi connectivity index (χ4v) is 12.0. The van der Waals surface area contributed by atoms with E-state index in [0.717, 1.165) is 51.4 Å². The van der Waals surface area contributed by atoms with E-state index >= 15 is 0 Å². The van der Waals surface area contributed by atoms with Gasteiger partial charge < -0.3 is 20.1 Å². The molecule has 0 amide bonds. The second-order valence-corrected chi connectivity index (χ2v) is 27.0. The molecule has 10 heteroatoms. The van der Waals surface area contributed by atoms with Gasteiger partial charge in [0, 0.05) is 19.4 Å². The van der Waals surface area contributed by atoms with Crippen LogP contribution >= 0.6 is 7.82 Å². The van der Waals surface area contributed by atoms with Gasteiger partial charge in [-0.25, -0.2) is 4.57 Å². The van der Waals surface area contributed by atoms with Gasteiger partial charge in [-0.2, -0.15) is 0 Å². The molecule has 0 fully saturated rings. The lowest BCUT2D eigenvalue weighted by molar-refractivity contribution is -0.161. The number of hydrogen-bond acceptors (Lipinski definition) is 8. The molecular weight excluding hydrogens is 1100 g/mol. The minimum Gasteiger partial charge on any atom is -0.462 e. The number of nitrogens with two attached hydrogens (primary N) is 1. The Kier molecular flexibility index (Phi) is 70.9. The Balaban J connectivity index is 3.79. The van der Waals surface area contributed by atoms with Crippen LogP contribution in [0, 0.1) is 0 Å². The molecule has 2 unspecified atom stereocenters. The number of phosphoric ester groups is 1. The van der Waals surface area contributed by atoms with Gasteiger partial charge in [0.25, 0.3) is 0 Å². The molecule has 0 spiro atoms. The highest BCUT2D eigenvalue weighted by Gasteiger charge is 2.26. The van der Waals surface area contributed by atoms with Gasteiger partial charge in [0.1, 0.15) is 6.61 Å². The molecule has 0 rings (SSSR count). The van der Waals surface area contributed by atoms with Crippen LogP contribution in [0.3, 0.4) is 0 Å². The van der Waals surface area contributed by atoms with E-state index in [9.17, 15) is 19.0 Å². The van der Waals surface area contributed by atoms with Crippen molar-refractivity contribution in [2.24, 2.45) is 5.73 Å². The lowest BCUT2D eigenvalue weighted by Gasteiger charge is -2.19. The first-order valence-corrected chi connectivity index (χ1v) is 39.3. The SMILES string of the molecule is CCCCCCC/C=C\C/C=C\C/C=C\CCCCCCCCCCCCCCCCCCCCCCCCC(=O)OC(COC(=O)CCCCCCCCCCCCCCCCCCC/C=C\C/C=C\CCCCCCC)COP(=O)(O)OCCN. The third-order valence-electron chi connectivity index (χ3n) is 16.9. The number of carbonyl (C=O) groups excluding carboxylic acids is 2. The summed E-state index contributed by atoms with van der Waals surface area (Å²) < 4.78 is 33.2. The summed E-state index contributed by atoms with van der Waals surface area (Å²) in [5, 5.41) is 0. The van der Waals surface area contributed by atoms with E-state index in [1.54, 1.807) is 0 Å². The Bertz CT molecular complexity index is 1610. The molecule has 0 saturated carbocycles. The van der Waals surface area contributed by atoms with Crippen LogP contribution in [0.4, 0.5) is 0 Å². The van der Waals surface area contributed by atoms with E-state index in [1.807, 2.05) is 0 Å². The molecule has 0 aromatic heterocycles. The van der Waals surface area contributed by atoms with Gasteiger partial charge in [-0.3, -0.25) is 18.6 Å². The summed E-state index contributed by atoms with van der Waals surface area (Å²) in [6.07, 6.45) is 94.8. The Hall–Kier alpha value is -2.29. The van der Waals surface area contributed by atoms with E-state index < -0.39 is 26.5 Å². The zero-order valence-electron chi connectivity index (χ0n) is 57.5. The number of carbonyl (C=O) groups is 2. The van der Waals surface area contributed by atoms with Crippen molar-refractivity contribution in [3.05, 3.63) is 60.8 Å². The van der Waals surface area contributed by atoms with Gasteiger partial charge in [-0.1, -0.05) is 351 Å². The Morgan fingerprint density at radius 1 is 0.345 bits per heavy atom. The van der Waals surface area contributed by atoms with Crippen molar-refractivity contribution in [2.45, 2.75) is 392 Å². The standard InChI is InChI=1S/C77H144NO8P/c1-3-5-7-9-11-13-15-17-19-21-23-25-27-29-31-33-34-35-36-37-38-39-40-42-44-46-48-50-52-54-56-58-60-62-64-66-68-70-77(80)86-75(74-85-87(81,82)84-72-71-78)73-83-76(79)69-67-65-63-61-59-57-55-53-51-49-47-45-43-41-32-30-28-26-24-22-20-18-16-14-12-10-8-6-4-2/h15-18,21-24,27,29,75H,3-14,19-20,25-26,28,30-74,78H2,1-2H3,(H,81,82)/b17-15-,18-16-,23-21-,24-22-,29-27-.